The van der Waals surface area contributed by atoms with Gasteiger partial charge in [-0.1, -0.05) is 36.4 Å². The van der Waals surface area contributed by atoms with Gasteiger partial charge in [-0.05, 0) is 36.6 Å². The fourth-order valence-electron chi connectivity index (χ4n) is 4.48. The Labute approximate surface area is 153 Å². The van der Waals surface area contributed by atoms with Crippen LogP contribution in [0.15, 0.2) is 48.5 Å². The Morgan fingerprint density at radius 2 is 1.92 bits per heavy atom. The number of aromatic amines is 1. The number of H-pyrrole nitrogens is 1. The fourth-order valence-corrected chi connectivity index (χ4v) is 4.48. The molecule has 0 bridgehead atoms. The number of nitrogens with zero attached hydrogens (tertiary/aromatic N) is 1. The predicted octanol–water partition coefficient (Wildman–Crippen LogP) is 3.44. The van der Waals surface area contributed by atoms with E-state index < -0.39 is 0 Å². The number of fused-ring (bicyclic) bond motifs is 3. The Balaban J connectivity index is 1.47. The van der Waals surface area contributed by atoms with Gasteiger partial charge in [-0.2, -0.15) is 0 Å². The molecule has 26 heavy (non-hydrogen) atoms. The second kappa shape index (κ2) is 6.29. The molecule has 0 radical (unpaired) electrons. The van der Waals surface area contributed by atoms with Crippen LogP contribution in [0, 0.1) is 0 Å². The molecule has 0 aliphatic carbocycles. The van der Waals surface area contributed by atoms with Crippen LogP contribution in [-0.2, 0) is 13.0 Å². The lowest BCUT2D eigenvalue weighted by Crippen LogP contribution is -2.36. The van der Waals surface area contributed by atoms with Crippen LogP contribution in [0.2, 0.25) is 0 Å². The van der Waals surface area contributed by atoms with Gasteiger partial charge < -0.3 is 15.2 Å². The van der Waals surface area contributed by atoms with Crippen molar-refractivity contribution in [3.63, 3.8) is 0 Å². The van der Waals surface area contributed by atoms with Crippen LogP contribution >= 0.6 is 0 Å². The minimum Gasteiger partial charge on any atom is -0.358 e. The standard InChI is InChI=1S/C22H23N3O/c26-22(18-7-2-1-5-16(18)15-9-11-23-13-15)25-12-10-21-19(14-25)17-6-3-4-8-20(17)24-21/h1-8,15,23-24H,9-14H2/t15-/m1/s1. The largest absolute Gasteiger partial charge is 0.358 e. The van der Waals surface area contributed by atoms with Gasteiger partial charge in [0.25, 0.3) is 5.91 Å². The Morgan fingerprint density at radius 3 is 2.81 bits per heavy atom. The number of para-hydroxylation sites is 1. The van der Waals surface area contributed by atoms with E-state index in [1.54, 1.807) is 0 Å². The van der Waals surface area contributed by atoms with Crippen LogP contribution < -0.4 is 5.32 Å². The number of benzene rings is 2. The lowest BCUT2D eigenvalue weighted by Gasteiger charge is -2.28. The summed E-state index contributed by atoms with van der Waals surface area (Å²) in [6.07, 6.45) is 2.00. The molecule has 3 aromatic rings. The number of nitrogens with one attached hydrogen (secondary N) is 2. The number of carbonyl (C=O) groups is 1. The number of rotatable bonds is 2. The minimum absolute atomic E-state index is 0.170. The van der Waals surface area contributed by atoms with Crippen molar-refractivity contribution in [1.82, 2.24) is 15.2 Å². The summed E-state index contributed by atoms with van der Waals surface area (Å²) in [5.41, 5.74) is 5.81. The lowest BCUT2D eigenvalue weighted by atomic mass is 9.92. The maximum absolute atomic E-state index is 13.3. The Bertz CT molecular complexity index is 968. The third-order valence-electron chi connectivity index (χ3n) is 5.86. The van der Waals surface area contributed by atoms with Crippen LogP contribution in [0.1, 0.15) is 39.5 Å². The first-order valence-electron chi connectivity index (χ1n) is 9.48. The first-order valence-corrected chi connectivity index (χ1v) is 9.48. The van der Waals surface area contributed by atoms with E-state index in [-0.39, 0.29) is 5.91 Å². The molecule has 2 aliphatic rings. The number of aromatic nitrogens is 1. The molecule has 4 nitrogen and oxygen atoms in total. The fraction of sp³-hybridized carbons (Fsp3) is 0.318. The number of hydrogen-bond donors (Lipinski definition) is 2. The minimum atomic E-state index is 0.170. The second-order valence-corrected chi connectivity index (χ2v) is 7.38. The number of hydrogen-bond acceptors (Lipinski definition) is 2. The van der Waals surface area contributed by atoms with Gasteiger partial charge in [0.15, 0.2) is 0 Å². The summed E-state index contributed by atoms with van der Waals surface area (Å²) in [6, 6.07) is 16.6. The first kappa shape index (κ1) is 15.6. The van der Waals surface area contributed by atoms with E-state index in [0.717, 1.165) is 38.0 Å². The zero-order valence-electron chi connectivity index (χ0n) is 14.8. The zero-order valence-corrected chi connectivity index (χ0v) is 14.8. The van der Waals surface area contributed by atoms with Crippen LogP contribution in [-0.4, -0.2) is 35.4 Å². The highest BCUT2D eigenvalue weighted by Crippen LogP contribution is 2.30. The maximum Gasteiger partial charge on any atom is 0.254 e. The highest BCUT2D eigenvalue weighted by atomic mass is 16.2. The Hall–Kier alpha value is -2.59. The summed E-state index contributed by atoms with van der Waals surface area (Å²) in [7, 11) is 0. The van der Waals surface area contributed by atoms with Crippen molar-refractivity contribution in [2.75, 3.05) is 19.6 Å². The molecule has 0 saturated carbocycles. The van der Waals surface area contributed by atoms with Gasteiger partial charge in [0, 0.05) is 53.8 Å². The third-order valence-corrected chi connectivity index (χ3v) is 5.86. The SMILES string of the molecule is O=C(c1ccccc1[C@@H]1CCNC1)N1CCc2[nH]c3ccccc3c2C1. The van der Waals surface area contributed by atoms with Crippen LogP contribution in [0.5, 0.6) is 0 Å². The van der Waals surface area contributed by atoms with E-state index in [4.69, 9.17) is 0 Å². The van der Waals surface area contributed by atoms with Crippen molar-refractivity contribution in [1.29, 1.82) is 0 Å². The van der Waals surface area contributed by atoms with E-state index in [0.29, 0.717) is 12.5 Å². The molecular weight excluding hydrogens is 322 g/mol. The summed E-state index contributed by atoms with van der Waals surface area (Å²) in [5.74, 6) is 0.618. The quantitative estimate of drug-likeness (QED) is 0.747. The van der Waals surface area contributed by atoms with Gasteiger partial charge in [-0.15, -0.1) is 0 Å². The lowest BCUT2D eigenvalue weighted by molar-refractivity contribution is 0.0733. The highest BCUT2D eigenvalue weighted by molar-refractivity contribution is 5.96. The molecule has 1 aromatic heterocycles. The van der Waals surface area contributed by atoms with Crippen molar-refractivity contribution in [2.24, 2.45) is 0 Å². The van der Waals surface area contributed by atoms with E-state index in [1.807, 2.05) is 17.0 Å². The summed E-state index contributed by atoms with van der Waals surface area (Å²) in [4.78, 5) is 18.9. The predicted molar refractivity (Wildman–Crippen MR) is 103 cm³/mol. The molecule has 1 fully saturated rings. The molecule has 2 aromatic carbocycles. The molecule has 0 unspecified atom stereocenters. The van der Waals surface area contributed by atoms with E-state index in [2.05, 4.69) is 46.7 Å². The second-order valence-electron chi connectivity index (χ2n) is 7.38. The molecule has 1 amide bonds. The smallest absolute Gasteiger partial charge is 0.254 e. The highest BCUT2D eigenvalue weighted by Gasteiger charge is 2.28. The molecular formula is C22H23N3O. The van der Waals surface area contributed by atoms with Crippen molar-refractivity contribution >= 4 is 16.8 Å². The van der Waals surface area contributed by atoms with Crippen LogP contribution in [0.25, 0.3) is 10.9 Å². The molecule has 4 heteroatoms. The van der Waals surface area contributed by atoms with E-state index in [1.165, 1.54) is 27.7 Å². The number of carbonyl (C=O) groups excluding carboxylic acids is 1. The summed E-state index contributed by atoms with van der Waals surface area (Å²) in [5, 5.41) is 4.66. The van der Waals surface area contributed by atoms with Gasteiger partial charge in [-0.3, -0.25) is 4.79 Å². The van der Waals surface area contributed by atoms with Gasteiger partial charge in [0.1, 0.15) is 0 Å². The monoisotopic (exact) mass is 345 g/mol. The molecule has 5 rings (SSSR count). The van der Waals surface area contributed by atoms with Crippen molar-refractivity contribution in [3.8, 4) is 0 Å². The molecule has 132 valence electrons. The Kier molecular flexibility index (Phi) is 3.79. The first-order chi connectivity index (χ1) is 12.8. The summed E-state index contributed by atoms with van der Waals surface area (Å²) in [6.45, 7) is 3.47. The van der Waals surface area contributed by atoms with E-state index in [9.17, 15) is 4.79 Å². The summed E-state index contributed by atoms with van der Waals surface area (Å²) < 4.78 is 0. The average Bonchev–Trinajstić information content (AvgIpc) is 3.35. The van der Waals surface area contributed by atoms with Gasteiger partial charge in [0.2, 0.25) is 0 Å². The molecule has 1 saturated heterocycles. The summed E-state index contributed by atoms with van der Waals surface area (Å²) >= 11 is 0. The topological polar surface area (TPSA) is 48.1 Å². The molecule has 0 spiro atoms. The molecule has 3 heterocycles. The zero-order chi connectivity index (χ0) is 17.5. The van der Waals surface area contributed by atoms with Crippen LogP contribution in [0.4, 0.5) is 0 Å². The van der Waals surface area contributed by atoms with Crippen molar-refractivity contribution < 1.29 is 4.79 Å². The van der Waals surface area contributed by atoms with E-state index >= 15 is 0 Å². The number of amides is 1. The van der Waals surface area contributed by atoms with Crippen molar-refractivity contribution in [2.45, 2.75) is 25.3 Å². The van der Waals surface area contributed by atoms with Gasteiger partial charge >= 0.3 is 0 Å². The maximum atomic E-state index is 13.3. The third kappa shape index (κ3) is 2.53. The molecule has 2 N–H and O–H groups in total. The van der Waals surface area contributed by atoms with Gasteiger partial charge in [-0.25, -0.2) is 0 Å². The van der Waals surface area contributed by atoms with Gasteiger partial charge in [0.05, 0.1) is 0 Å². The molecule has 2 aliphatic heterocycles. The Morgan fingerprint density at radius 1 is 1.08 bits per heavy atom. The van der Waals surface area contributed by atoms with Crippen LogP contribution in [0.3, 0.4) is 0 Å². The van der Waals surface area contributed by atoms with Crippen molar-refractivity contribution in [3.05, 3.63) is 70.9 Å². The average molecular weight is 345 g/mol. The molecule has 1 atom stereocenters. The normalized spacial score (nSPS) is 19.7.